The lowest BCUT2D eigenvalue weighted by atomic mass is 10.3. The van der Waals surface area contributed by atoms with Crippen molar-refractivity contribution in [1.82, 2.24) is 0 Å². The minimum atomic E-state index is -4.25. The van der Waals surface area contributed by atoms with Gasteiger partial charge in [0.15, 0.2) is 0 Å². The molecule has 1 rings (SSSR count). The molecule has 0 aliphatic rings. The average Bonchev–Trinajstić information content (AvgIpc) is 2.02. The van der Waals surface area contributed by atoms with Gasteiger partial charge in [-0.1, -0.05) is 0 Å². The van der Waals surface area contributed by atoms with Crippen molar-refractivity contribution >= 4 is 28.7 Å². The quantitative estimate of drug-likeness (QED) is 0.470. The number of ether oxygens (including phenoxy) is 1. The molecule has 0 radical (unpaired) electrons. The summed E-state index contributed by atoms with van der Waals surface area (Å²) >= 11 is 0. The van der Waals surface area contributed by atoms with E-state index in [0.29, 0.717) is 0 Å². The van der Waals surface area contributed by atoms with Crippen LogP contribution >= 0.6 is 12.4 Å². The molecule has 8 heteroatoms. The van der Waals surface area contributed by atoms with E-state index in [1.165, 1.54) is 0 Å². The molecule has 0 aromatic heterocycles. The zero-order valence-corrected chi connectivity index (χ0v) is 8.79. The van der Waals surface area contributed by atoms with Crippen LogP contribution in [0.4, 0.5) is 4.79 Å². The molecule has 0 amide bonds. The van der Waals surface area contributed by atoms with Gasteiger partial charge in [-0.15, -0.1) is 12.4 Å². The van der Waals surface area contributed by atoms with E-state index in [-0.39, 0.29) is 23.1 Å². The Balaban J connectivity index is 0.00000196. The lowest BCUT2D eigenvalue weighted by Crippen LogP contribution is -2.03. The molecular formula is C7H7ClO6S. The van der Waals surface area contributed by atoms with E-state index < -0.39 is 16.3 Å². The number of benzene rings is 1. The van der Waals surface area contributed by atoms with Gasteiger partial charge in [-0.2, -0.15) is 8.42 Å². The molecule has 0 unspecified atom stereocenters. The highest BCUT2D eigenvalue weighted by molar-refractivity contribution is 7.85. The highest BCUT2D eigenvalue weighted by Crippen LogP contribution is 2.15. The Kier molecular flexibility index (Phi) is 4.53. The second-order valence-corrected chi connectivity index (χ2v) is 3.74. The Bertz CT molecular complexity index is 437. The van der Waals surface area contributed by atoms with Crippen molar-refractivity contribution in [3.63, 3.8) is 0 Å². The van der Waals surface area contributed by atoms with Crippen molar-refractivity contribution in [2.45, 2.75) is 4.90 Å². The van der Waals surface area contributed by atoms with E-state index in [2.05, 4.69) is 4.74 Å². The standard InChI is InChI=1S/C7H6O6S.ClH/c8-7(9)13-5-1-3-6(4-2-5)14(10,11)12;/h1-4H,(H,8,9)(H,10,11,12);1H. The first kappa shape index (κ1) is 13.7. The van der Waals surface area contributed by atoms with E-state index >= 15 is 0 Å². The lowest BCUT2D eigenvalue weighted by molar-refractivity contribution is 0.144. The van der Waals surface area contributed by atoms with E-state index in [1.54, 1.807) is 0 Å². The van der Waals surface area contributed by atoms with Crippen LogP contribution in [0, 0.1) is 0 Å². The SMILES string of the molecule is Cl.O=C(O)Oc1ccc(S(=O)(=O)O)cc1. The number of rotatable bonds is 2. The first-order valence-corrected chi connectivity index (χ1v) is 4.82. The summed E-state index contributed by atoms with van der Waals surface area (Å²) in [5.74, 6) is -0.0232. The van der Waals surface area contributed by atoms with Crippen molar-refractivity contribution in [3.05, 3.63) is 24.3 Å². The molecule has 1 aromatic rings. The molecule has 0 fully saturated rings. The fourth-order valence-electron chi connectivity index (χ4n) is 0.780. The smallest absolute Gasteiger partial charge is 0.449 e. The van der Waals surface area contributed by atoms with E-state index in [9.17, 15) is 13.2 Å². The maximum absolute atomic E-state index is 10.6. The van der Waals surface area contributed by atoms with Gasteiger partial charge in [0, 0.05) is 0 Å². The molecule has 15 heavy (non-hydrogen) atoms. The number of halogens is 1. The van der Waals surface area contributed by atoms with Crippen molar-refractivity contribution in [3.8, 4) is 5.75 Å². The van der Waals surface area contributed by atoms with Crippen molar-refractivity contribution in [1.29, 1.82) is 0 Å². The van der Waals surface area contributed by atoms with Crippen molar-refractivity contribution in [2.24, 2.45) is 0 Å². The normalized spacial score (nSPS) is 10.2. The third-order valence-corrected chi connectivity index (χ3v) is 2.19. The van der Waals surface area contributed by atoms with Crippen LogP contribution in [-0.4, -0.2) is 24.2 Å². The Morgan fingerprint density at radius 3 is 2.00 bits per heavy atom. The van der Waals surface area contributed by atoms with Gasteiger partial charge in [0.05, 0.1) is 4.90 Å². The molecule has 6 nitrogen and oxygen atoms in total. The van der Waals surface area contributed by atoms with Crippen LogP contribution in [0.25, 0.3) is 0 Å². The summed E-state index contributed by atoms with van der Waals surface area (Å²) in [5.41, 5.74) is 0. The molecule has 0 saturated heterocycles. The second kappa shape index (κ2) is 4.96. The van der Waals surface area contributed by atoms with Gasteiger partial charge in [-0.3, -0.25) is 4.55 Å². The van der Waals surface area contributed by atoms with Gasteiger partial charge < -0.3 is 9.84 Å². The molecule has 2 N–H and O–H groups in total. The fraction of sp³-hybridized carbons (Fsp3) is 0. The van der Waals surface area contributed by atoms with Crippen molar-refractivity contribution in [2.75, 3.05) is 0 Å². The van der Waals surface area contributed by atoms with Gasteiger partial charge in [-0.05, 0) is 24.3 Å². The summed E-state index contributed by atoms with van der Waals surface area (Å²) in [6.07, 6.45) is -1.50. The molecule has 0 saturated carbocycles. The molecule has 0 spiro atoms. The summed E-state index contributed by atoms with van der Waals surface area (Å²) in [4.78, 5) is 9.74. The average molecular weight is 255 g/mol. The monoisotopic (exact) mass is 254 g/mol. The lowest BCUT2D eigenvalue weighted by Gasteiger charge is -2.00. The van der Waals surface area contributed by atoms with Gasteiger partial charge >= 0.3 is 6.16 Å². The second-order valence-electron chi connectivity index (χ2n) is 2.31. The van der Waals surface area contributed by atoms with Gasteiger partial charge in [0.1, 0.15) is 5.75 Å². The fourth-order valence-corrected chi connectivity index (χ4v) is 1.26. The van der Waals surface area contributed by atoms with Crippen LogP contribution in [-0.2, 0) is 10.1 Å². The maximum Gasteiger partial charge on any atom is 0.511 e. The van der Waals surface area contributed by atoms with Gasteiger partial charge in [0.25, 0.3) is 10.1 Å². The van der Waals surface area contributed by atoms with Gasteiger partial charge in [0.2, 0.25) is 0 Å². The minimum Gasteiger partial charge on any atom is -0.449 e. The summed E-state index contributed by atoms with van der Waals surface area (Å²) in [7, 11) is -4.25. The van der Waals surface area contributed by atoms with Crippen LogP contribution in [0.1, 0.15) is 0 Å². The molecule has 0 aliphatic heterocycles. The number of carboxylic acid groups (broad SMARTS) is 1. The van der Waals surface area contributed by atoms with E-state index in [4.69, 9.17) is 9.66 Å². The number of carbonyl (C=O) groups is 1. The Morgan fingerprint density at radius 2 is 1.67 bits per heavy atom. The largest absolute Gasteiger partial charge is 0.511 e. The minimum absolute atomic E-state index is 0. The van der Waals surface area contributed by atoms with E-state index in [0.717, 1.165) is 24.3 Å². The summed E-state index contributed by atoms with van der Waals surface area (Å²) in [6.45, 7) is 0. The predicted octanol–water partition coefficient (Wildman–Crippen LogP) is 1.41. The highest BCUT2D eigenvalue weighted by Gasteiger charge is 2.09. The summed E-state index contributed by atoms with van der Waals surface area (Å²) in [5, 5.41) is 8.21. The molecular weight excluding hydrogens is 248 g/mol. The summed E-state index contributed by atoms with van der Waals surface area (Å²) in [6, 6.07) is 4.32. The van der Waals surface area contributed by atoms with Crippen LogP contribution in [0.3, 0.4) is 0 Å². The van der Waals surface area contributed by atoms with Crippen LogP contribution in [0.2, 0.25) is 0 Å². The first-order chi connectivity index (χ1) is 6.39. The third kappa shape index (κ3) is 4.15. The van der Waals surface area contributed by atoms with Gasteiger partial charge in [-0.25, -0.2) is 4.79 Å². The third-order valence-electron chi connectivity index (χ3n) is 1.33. The zero-order valence-electron chi connectivity index (χ0n) is 7.15. The van der Waals surface area contributed by atoms with Crippen LogP contribution in [0.15, 0.2) is 29.2 Å². The van der Waals surface area contributed by atoms with E-state index in [1.807, 2.05) is 0 Å². The zero-order chi connectivity index (χ0) is 10.8. The molecule has 0 heterocycles. The topological polar surface area (TPSA) is 101 Å². The Hall–Kier alpha value is -1.31. The summed E-state index contributed by atoms with van der Waals surface area (Å²) < 4.78 is 33.9. The van der Waals surface area contributed by atoms with Crippen LogP contribution in [0.5, 0.6) is 5.75 Å². The number of hydrogen-bond donors (Lipinski definition) is 2. The molecule has 0 bridgehead atoms. The molecule has 0 atom stereocenters. The van der Waals surface area contributed by atoms with Crippen molar-refractivity contribution < 1.29 is 27.6 Å². The Labute approximate surface area is 91.6 Å². The first-order valence-electron chi connectivity index (χ1n) is 3.38. The molecule has 84 valence electrons. The molecule has 0 aliphatic carbocycles. The van der Waals surface area contributed by atoms with Crippen LogP contribution < -0.4 is 4.74 Å². The predicted molar refractivity (Wildman–Crippen MR) is 52.2 cm³/mol. The highest BCUT2D eigenvalue weighted by atomic mass is 35.5. The number of hydrogen-bond acceptors (Lipinski definition) is 4. The maximum atomic E-state index is 10.6. The Morgan fingerprint density at radius 1 is 1.20 bits per heavy atom. The molecule has 1 aromatic carbocycles.